The predicted molar refractivity (Wildman–Crippen MR) is 78.8 cm³/mol. The topological polar surface area (TPSA) is 75.4 Å². The lowest BCUT2D eigenvalue weighted by Gasteiger charge is -2.11. The Morgan fingerprint density at radius 2 is 2.00 bits per heavy atom. The van der Waals surface area contributed by atoms with Gasteiger partial charge in [-0.1, -0.05) is 30.3 Å². The third-order valence-electron chi connectivity index (χ3n) is 3.13. The second-order valence-electron chi connectivity index (χ2n) is 4.72. The average molecular weight is 282 g/mol. The van der Waals surface area contributed by atoms with Crippen LogP contribution >= 0.6 is 0 Å². The number of aliphatic hydroxyl groups is 1. The van der Waals surface area contributed by atoms with E-state index in [0.717, 1.165) is 0 Å². The molecule has 0 aliphatic carbocycles. The first-order valence-corrected chi connectivity index (χ1v) is 6.54. The number of aromatic nitrogens is 1. The third kappa shape index (κ3) is 2.78. The molecule has 0 bridgehead atoms. The number of nitrogens with zero attached hydrogens (tertiary/aromatic N) is 1. The molecule has 0 aliphatic rings. The number of benzene rings is 2. The number of aryl methyl sites for hydroxylation is 1. The van der Waals surface area contributed by atoms with E-state index in [1.807, 2.05) is 6.07 Å². The van der Waals surface area contributed by atoms with Gasteiger partial charge in [-0.25, -0.2) is 4.98 Å². The van der Waals surface area contributed by atoms with Gasteiger partial charge in [-0.3, -0.25) is 4.79 Å². The molecule has 0 fully saturated rings. The van der Waals surface area contributed by atoms with E-state index >= 15 is 0 Å². The van der Waals surface area contributed by atoms with Gasteiger partial charge in [-0.05, 0) is 23.8 Å². The minimum Gasteiger partial charge on any atom is -0.441 e. The summed E-state index contributed by atoms with van der Waals surface area (Å²) in [7, 11) is 0. The highest BCUT2D eigenvalue weighted by Gasteiger charge is 2.17. The maximum Gasteiger partial charge on any atom is 0.257 e. The van der Waals surface area contributed by atoms with Gasteiger partial charge in [0.15, 0.2) is 17.6 Å². The van der Waals surface area contributed by atoms with Crippen LogP contribution in [0.5, 0.6) is 0 Å². The zero-order valence-corrected chi connectivity index (χ0v) is 11.4. The van der Waals surface area contributed by atoms with Crippen LogP contribution in [0, 0.1) is 6.92 Å². The summed E-state index contributed by atoms with van der Waals surface area (Å²) in [5.74, 6) is 0.0820. The second-order valence-corrected chi connectivity index (χ2v) is 4.72. The van der Waals surface area contributed by atoms with Gasteiger partial charge in [0.2, 0.25) is 0 Å². The highest BCUT2D eigenvalue weighted by atomic mass is 16.3. The Balaban J connectivity index is 1.79. The van der Waals surface area contributed by atoms with Crippen molar-refractivity contribution in [2.24, 2.45) is 0 Å². The van der Waals surface area contributed by atoms with Gasteiger partial charge in [-0.15, -0.1) is 0 Å². The van der Waals surface area contributed by atoms with Gasteiger partial charge in [0.05, 0.1) is 0 Å². The number of nitrogens with one attached hydrogen (secondary N) is 1. The molecule has 1 heterocycles. The number of rotatable bonds is 3. The van der Waals surface area contributed by atoms with Crippen molar-refractivity contribution >= 4 is 22.7 Å². The molecule has 0 radical (unpaired) electrons. The summed E-state index contributed by atoms with van der Waals surface area (Å²) in [5.41, 5.74) is 2.44. The molecule has 1 unspecified atom stereocenters. The summed E-state index contributed by atoms with van der Waals surface area (Å²) in [6, 6.07) is 13.9. The molecule has 21 heavy (non-hydrogen) atoms. The second kappa shape index (κ2) is 5.38. The molecule has 106 valence electrons. The fraction of sp³-hybridized carbons (Fsp3) is 0.125. The van der Waals surface area contributed by atoms with Crippen molar-refractivity contribution in [1.29, 1.82) is 0 Å². The summed E-state index contributed by atoms with van der Waals surface area (Å²) in [5, 5.41) is 12.7. The normalized spacial score (nSPS) is 12.3. The molecule has 3 rings (SSSR count). The monoisotopic (exact) mass is 282 g/mol. The molecule has 0 spiro atoms. The fourth-order valence-electron chi connectivity index (χ4n) is 2.12. The lowest BCUT2D eigenvalue weighted by molar-refractivity contribution is -0.124. The number of anilines is 1. The number of amides is 1. The van der Waals surface area contributed by atoms with Crippen molar-refractivity contribution < 1.29 is 14.3 Å². The molecule has 5 nitrogen and oxygen atoms in total. The Bertz CT molecular complexity index is 781. The molecule has 3 aromatic rings. The van der Waals surface area contributed by atoms with Crippen LogP contribution < -0.4 is 5.32 Å². The highest BCUT2D eigenvalue weighted by Crippen LogP contribution is 2.21. The first kappa shape index (κ1) is 13.3. The minimum atomic E-state index is -1.21. The smallest absolute Gasteiger partial charge is 0.257 e. The van der Waals surface area contributed by atoms with Crippen LogP contribution in [-0.2, 0) is 4.79 Å². The van der Waals surface area contributed by atoms with Crippen LogP contribution in [0.15, 0.2) is 52.9 Å². The number of carbonyl (C=O) groups excluding carboxylic acids is 1. The van der Waals surface area contributed by atoms with Crippen molar-refractivity contribution in [3.63, 3.8) is 0 Å². The van der Waals surface area contributed by atoms with E-state index in [1.54, 1.807) is 49.4 Å². The van der Waals surface area contributed by atoms with Crippen LogP contribution in [-0.4, -0.2) is 16.0 Å². The number of hydrogen-bond acceptors (Lipinski definition) is 4. The molecule has 5 heteroatoms. The standard InChI is InChI=1S/C16H14N2O3/c1-10-17-13-9-12(7-8-14(13)21-10)18-16(20)15(19)11-5-3-2-4-6-11/h2-9,15,19H,1H3,(H,18,20). The summed E-state index contributed by atoms with van der Waals surface area (Å²) < 4.78 is 5.37. The van der Waals surface area contributed by atoms with E-state index in [0.29, 0.717) is 28.2 Å². The Hall–Kier alpha value is -2.66. The Labute approximate surface area is 121 Å². The van der Waals surface area contributed by atoms with Crippen LogP contribution in [0.4, 0.5) is 5.69 Å². The first-order valence-electron chi connectivity index (χ1n) is 6.54. The number of oxazole rings is 1. The molecule has 0 saturated carbocycles. The Morgan fingerprint density at radius 1 is 1.24 bits per heavy atom. The van der Waals surface area contributed by atoms with Crippen molar-refractivity contribution in [2.45, 2.75) is 13.0 Å². The Morgan fingerprint density at radius 3 is 2.76 bits per heavy atom. The van der Waals surface area contributed by atoms with Gasteiger partial charge in [0.25, 0.3) is 5.91 Å². The van der Waals surface area contributed by atoms with Gasteiger partial charge in [0.1, 0.15) is 5.52 Å². The number of aliphatic hydroxyl groups excluding tert-OH is 1. The molecule has 0 aliphatic heterocycles. The van der Waals surface area contributed by atoms with E-state index in [-0.39, 0.29) is 0 Å². The zero-order valence-electron chi connectivity index (χ0n) is 11.4. The van der Waals surface area contributed by atoms with Crippen LogP contribution in [0.3, 0.4) is 0 Å². The van der Waals surface area contributed by atoms with Crippen LogP contribution in [0.2, 0.25) is 0 Å². The minimum absolute atomic E-state index is 0.485. The van der Waals surface area contributed by atoms with E-state index in [2.05, 4.69) is 10.3 Å². The van der Waals surface area contributed by atoms with Gasteiger partial charge in [0, 0.05) is 12.6 Å². The van der Waals surface area contributed by atoms with Gasteiger partial charge >= 0.3 is 0 Å². The first-order chi connectivity index (χ1) is 10.1. The van der Waals surface area contributed by atoms with Crippen molar-refractivity contribution in [1.82, 2.24) is 4.98 Å². The highest BCUT2D eigenvalue weighted by molar-refractivity contribution is 5.96. The largest absolute Gasteiger partial charge is 0.441 e. The number of carbonyl (C=O) groups is 1. The fourth-order valence-corrected chi connectivity index (χ4v) is 2.12. The van der Waals surface area contributed by atoms with Crippen LogP contribution in [0.25, 0.3) is 11.1 Å². The average Bonchev–Trinajstić information content (AvgIpc) is 2.86. The molecule has 1 aromatic heterocycles. The molecular formula is C16H14N2O3. The quantitative estimate of drug-likeness (QED) is 0.774. The molecule has 2 aromatic carbocycles. The lowest BCUT2D eigenvalue weighted by Crippen LogP contribution is -2.20. The van der Waals surface area contributed by atoms with E-state index in [9.17, 15) is 9.90 Å². The Kier molecular flexibility index (Phi) is 3.41. The van der Waals surface area contributed by atoms with Crippen LogP contribution in [0.1, 0.15) is 17.6 Å². The summed E-state index contributed by atoms with van der Waals surface area (Å²) in [6.45, 7) is 1.76. The third-order valence-corrected chi connectivity index (χ3v) is 3.13. The summed E-state index contributed by atoms with van der Waals surface area (Å²) in [4.78, 5) is 16.3. The summed E-state index contributed by atoms with van der Waals surface area (Å²) >= 11 is 0. The van der Waals surface area contributed by atoms with Gasteiger partial charge < -0.3 is 14.8 Å². The zero-order chi connectivity index (χ0) is 14.8. The molecule has 1 amide bonds. The maximum absolute atomic E-state index is 12.0. The van der Waals surface area contributed by atoms with Crippen molar-refractivity contribution in [2.75, 3.05) is 5.32 Å². The van der Waals surface area contributed by atoms with E-state index in [4.69, 9.17) is 4.42 Å². The number of fused-ring (bicyclic) bond motifs is 1. The lowest BCUT2D eigenvalue weighted by atomic mass is 10.1. The SMILES string of the molecule is Cc1nc2cc(NC(=O)C(O)c3ccccc3)ccc2o1. The van der Waals surface area contributed by atoms with E-state index < -0.39 is 12.0 Å². The predicted octanol–water partition coefficient (Wildman–Crippen LogP) is 2.81. The molecule has 0 saturated heterocycles. The van der Waals surface area contributed by atoms with Gasteiger partial charge in [-0.2, -0.15) is 0 Å². The summed E-state index contributed by atoms with van der Waals surface area (Å²) in [6.07, 6.45) is -1.21. The van der Waals surface area contributed by atoms with E-state index in [1.165, 1.54) is 0 Å². The number of hydrogen-bond donors (Lipinski definition) is 2. The molecular weight excluding hydrogens is 268 g/mol. The van der Waals surface area contributed by atoms with Crippen molar-refractivity contribution in [3.05, 3.63) is 60.0 Å². The molecule has 2 N–H and O–H groups in total. The maximum atomic E-state index is 12.0. The molecule has 1 atom stereocenters. The van der Waals surface area contributed by atoms with Crippen molar-refractivity contribution in [3.8, 4) is 0 Å².